The molecule has 0 aliphatic carbocycles. The van der Waals surface area contributed by atoms with E-state index in [1.807, 2.05) is 22.9 Å². The van der Waals surface area contributed by atoms with E-state index in [1.165, 1.54) is 11.3 Å². The number of nitrogens with zero attached hydrogens (tertiary/aromatic N) is 4. The molecule has 3 rings (SSSR count). The number of benzene rings is 1. The number of aryl methyl sites for hydroxylation is 1. The Hall–Kier alpha value is -2.54. The molecule has 0 aliphatic heterocycles. The SMILES string of the molecule is CCCc1nnc(NC(=O)c2ccc(-n3ccnc3)cc2)s1. The maximum absolute atomic E-state index is 12.2. The lowest BCUT2D eigenvalue weighted by Crippen LogP contribution is -2.11. The summed E-state index contributed by atoms with van der Waals surface area (Å²) in [6.45, 7) is 2.08. The van der Waals surface area contributed by atoms with Gasteiger partial charge in [-0.25, -0.2) is 4.98 Å². The second-order valence-corrected chi connectivity index (χ2v) is 5.78. The molecule has 112 valence electrons. The van der Waals surface area contributed by atoms with Gasteiger partial charge in [-0.3, -0.25) is 10.1 Å². The smallest absolute Gasteiger partial charge is 0.257 e. The molecule has 6 nitrogen and oxygen atoms in total. The van der Waals surface area contributed by atoms with E-state index in [1.54, 1.807) is 24.7 Å². The number of hydrogen-bond acceptors (Lipinski definition) is 5. The molecule has 7 heteroatoms. The van der Waals surface area contributed by atoms with Crippen molar-refractivity contribution < 1.29 is 4.79 Å². The van der Waals surface area contributed by atoms with Gasteiger partial charge in [-0.15, -0.1) is 10.2 Å². The second kappa shape index (κ2) is 6.48. The van der Waals surface area contributed by atoms with Crippen molar-refractivity contribution in [2.45, 2.75) is 19.8 Å². The van der Waals surface area contributed by atoms with Crippen LogP contribution in [0.4, 0.5) is 5.13 Å². The molecule has 2 aromatic heterocycles. The van der Waals surface area contributed by atoms with E-state index >= 15 is 0 Å². The molecule has 1 amide bonds. The Morgan fingerprint density at radius 1 is 1.27 bits per heavy atom. The third-order valence-electron chi connectivity index (χ3n) is 3.08. The van der Waals surface area contributed by atoms with E-state index in [0.717, 1.165) is 23.5 Å². The molecule has 22 heavy (non-hydrogen) atoms. The zero-order valence-corrected chi connectivity index (χ0v) is 12.9. The molecule has 0 aliphatic rings. The van der Waals surface area contributed by atoms with Gasteiger partial charge < -0.3 is 4.57 Å². The van der Waals surface area contributed by atoms with E-state index in [0.29, 0.717) is 10.7 Å². The summed E-state index contributed by atoms with van der Waals surface area (Å²) in [7, 11) is 0. The van der Waals surface area contributed by atoms with Crippen molar-refractivity contribution in [3.63, 3.8) is 0 Å². The summed E-state index contributed by atoms with van der Waals surface area (Å²) in [5.74, 6) is -0.184. The predicted molar refractivity (Wildman–Crippen MR) is 85.4 cm³/mol. The van der Waals surface area contributed by atoms with E-state index in [2.05, 4.69) is 27.4 Å². The fourth-order valence-electron chi connectivity index (χ4n) is 1.99. The maximum atomic E-state index is 12.2. The fourth-order valence-corrected chi connectivity index (χ4v) is 2.82. The number of amides is 1. The van der Waals surface area contributed by atoms with E-state index in [9.17, 15) is 4.79 Å². The van der Waals surface area contributed by atoms with E-state index in [-0.39, 0.29) is 5.91 Å². The third-order valence-corrected chi connectivity index (χ3v) is 3.98. The number of hydrogen-bond donors (Lipinski definition) is 1. The summed E-state index contributed by atoms with van der Waals surface area (Å²) in [5.41, 5.74) is 1.53. The Bertz CT molecular complexity index is 749. The normalized spacial score (nSPS) is 10.6. The first-order valence-electron chi connectivity index (χ1n) is 6.98. The second-order valence-electron chi connectivity index (χ2n) is 4.72. The summed E-state index contributed by atoms with van der Waals surface area (Å²) in [4.78, 5) is 16.2. The van der Waals surface area contributed by atoms with Gasteiger partial charge in [-0.2, -0.15) is 0 Å². The van der Waals surface area contributed by atoms with Crippen LogP contribution in [0.25, 0.3) is 5.69 Å². The molecular weight excluding hydrogens is 298 g/mol. The standard InChI is InChI=1S/C15H15N5OS/c1-2-3-13-18-19-15(22-13)17-14(21)11-4-6-12(7-5-11)20-9-8-16-10-20/h4-10H,2-3H2,1H3,(H,17,19,21). The lowest BCUT2D eigenvalue weighted by molar-refractivity contribution is 0.102. The van der Waals surface area contributed by atoms with Gasteiger partial charge in [-0.05, 0) is 30.7 Å². The van der Waals surface area contributed by atoms with Crippen molar-refractivity contribution in [3.8, 4) is 5.69 Å². The molecule has 0 spiro atoms. The maximum Gasteiger partial charge on any atom is 0.257 e. The van der Waals surface area contributed by atoms with Crippen molar-refractivity contribution in [3.05, 3.63) is 53.6 Å². The summed E-state index contributed by atoms with van der Waals surface area (Å²) < 4.78 is 1.88. The molecule has 2 heterocycles. The van der Waals surface area contributed by atoms with Gasteiger partial charge in [0.25, 0.3) is 5.91 Å². The van der Waals surface area contributed by atoms with Crippen molar-refractivity contribution in [1.82, 2.24) is 19.7 Å². The van der Waals surface area contributed by atoms with Crippen LogP contribution >= 0.6 is 11.3 Å². The Morgan fingerprint density at radius 3 is 2.77 bits per heavy atom. The fraction of sp³-hybridized carbons (Fsp3) is 0.200. The molecule has 0 bridgehead atoms. The van der Waals surface area contributed by atoms with E-state index < -0.39 is 0 Å². The summed E-state index contributed by atoms with van der Waals surface area (Å²) in [6.07, 6.45) is 7.17. The third kappa shape index (κ3) is 3.20. The minimum atomic E-state index is -0.184. The number of aromatic nitrogens is 4. The highest BCUT2D eigenvalue weighted by molar-refractivity contribution is 7.15. The molecule has 0 saturated heterocycles. The van der Waals surface area contributed by atoms with Gasteiger partial charge >= 0.3 is 0 Å². The zero-order chi connectivity index (χ0) is 15.4. The van der Waals surface area contributed by atoms with Crippen LogP contribution in [0.3, 0.4) is 0 Å². The Labute approximate surface area is 131 Å². The topological polar surface area (TPSA) is 72.7 Å². The van der Waals surface area contributed by atoms with Gasteiger partial charge in [0.2, 0.25) is 5.13 Å². The molecule has 0 fully saturated rings. The first kappa shape index (κ1) is 14.4. The zero-order valence-electron chi connectivity index (χ0n) is 12.1. The summed E-state index contributed by atoms with van der Waals surface area (Å²) in [6, 6.07) is 7.30. The number of rotatable bonds is 5. The molecule has 0 atom stereocenters. The average Bonchev–Trinajstić information content (AvgIpc) is 3.20. The number of carbonyl (C=O) groups is 1. The predicted octanol–water partition coefficient (Wildman–Crippen LogP) is 2.93. The first-order chi connectivity index (χ1) is 10.8. The average molecular weight is 313 g/mol. The largest absolute Gasteiger partial charge is 0.306 e. The molecule has 0 radical (unpaired) electrons. The van der Waals surface area contributed by atoms with Crippen LogP contribution in [0, 0.1) is 0 Å². The van der Waals surface area contributed by atoms with Crippen LogP contribution in [0.1, 0.15) is 28.7 Å². The van der Waals surface area contributed by atoms with Gasteiger partial charge in [0.15, 0.2) is 0 Å². The highest BCUT2D eigenvalue weighted by atomic mass is 32.1. The van der Waals surface area contributed by atoms with E-state index in [4.69, 9.17) is 0 Å². The first-order valence-corrected chi connectivity index (χ1v) is 7.80. The number of carbonyl (C=O) groups excluding carboxylic acids is 1. The minimum Gasteiger partial charge on any atom is -0.306 e. The molecule has 0 saturated carbocycles. The molecular formula is C15H15N5OS. The van der Waals surface area contributed by atoms with Crippen LogP contribution in [0.5, 0.6) is 0 Å². The molecule has 1 N–H and O–H groups in total. The number of anilines is 1. The lowest BCUT2D eigenvalue weighted by atomic mass is 10.2. The Morgan fingerprint density at radius 2 is 2.09 bits per heavy atom. The molecule has 1 aromatic carbocycles. The van der Waals surface area contributed by atoms with Crippen molar-refractivity contribution in [2.24, 2.45) is 0 Å². The monoisotopic (exact) mass is 313 g/mol. The van der Waals surface area contributed by atoms with Crippen LogP contribution in [0.15, 0.2) is 43.0 Å². The lowest BCUT2D eigenvalue weighted by Gasteiger charge is -2.04. The van der Waals surface area contributed by atoms with Crippen molar-refractivity contribution in [1.29, 1.82) is 0 Å². The van der Waals surface area contributed by atoms with Gasteiger partial charge in [0, 0.05) is 30.1 Å². The van der Waals surface area contributed by atoms with Gasteiger partial charge in [0.05, 0.1) is 6.33 Å². The molecule has 3 aromatic rings. The summed E-state index contributed by atoms with van der Waals surface area (Å²) >= 11 is 1.42. The van der Waals surface area contributed by atoms with Crippen LogP contribution in [-0.4, -0.2) is 25.7 Å². The van der Waals surface area contributed by atoms with Gasteiger partial charge in [0.1, 0.15) is 5.01 Å². The molecule has 0 unspecified atom stereocenters. The Balaban J connectivity index is 1.69. The highest BCUT2D eigenvalue weighted by Gasteiger charge is 2.10. The highest BCUT2D eigenvalue weighted by Crippen LogP contribution is 2.18. The van der Waals surface area contributed by atoms with Crippen molar-refractivity contribution in [2.75, 3.05) is 5.32 Å². The number of imidazole rings is 1. The Kier molecular flexibility index (Phi) is 4.24. The number of nitrogens with one attached hydrogen (secondary N) is 1. The summed E-state index contributed by atoms with van der Waals surface area (Å²) in [5, 5.41) is 12.3. The van der Waals surface area contributed by atoms with Crippen molar-refractivity contribution >= 4 is 22.4 Å². The van der Waals surface area contributed by atoms with Crippen LogP contribution in [0.2, 0.25) is 0 Å². The van der Waals surface area contributed by atoms with Gasteiger partial charge in [-0.1, -0.05) is 18.3 Å². The van der Waals surface area contributed by atoms with Crippen LogP contribution in [-0.2, 0) is 6.42 Å². The van der Waals surface area contributed by atoms with Crippen LogP contribution < -0.4 is 5.32 Å². The minimum absolute atomic E-state index is 0.184. The quantitative estimate of drug-likeness (QED) is 0.786.